The van der Waals surface area contributed by atoms with Crippen molar-refractivity contribution in [1.29, 1.82) is 0 Å². The Labute approximate surface area is 136 Å². The molecule has 0 atom stereocenters. The molecule has 21 heavy (non-hydrogen) atoms. The highest BCUT2D eigenvalue weighted by molar-refractivity contribution is 9.10. The molecule has 0 aliphatic rings. The van der Waals surface area contributed by atoms with Crippen molar-refractivity contribution in [1.82, 2.24) is 9.55 Å². The molecule has 0 saturated carbocycles. The number of halogens is 1. The first-order valence-electron chi connectivity index (χ1n) is 6.54. The summed E-state index contributed by atoms with van der Waals surface area (Å²) in [7, 11) is 1.98. The molecule has 4 heteroatoms. The van der Waals surface area contributed by atoms with E-state index in [-0.39, 0.29) is 0 Å². The van der Waals surface area contributed by atoms with Crippen LogP contribution in [0.3, 0.4) is 0 Å². The zero-order valence-electron chi connectivity index (χ0n) is 11.5. The molecule has 0 saturated heterocycles. The maximum absolute atomic E-state index is 5.50. The second kappa shape index (κ2) is 5.92. The van der Waals surface area contributed by atoms with Crippen LogP contribution >= 0.6 is 28.1 Å². The third-order valence-electron chi connectivity index (χ3n) is 3.31. The van der Waals surface area contributed by atoms with Gasteiger partial charge in [0.2, 0.25) is 0 Å². The Kier molecular flexibility index (Phi) is 3.99. The largest absolute Gasteiger partial charge is 0.332 e. The normalized spacial score (nSPS) is 11.3. The van der Waals surface area contributed by atoms with E-state index in [4.69, 9.17) is 12.2 Å². The number of para-hydroxylation sites is 2. The van der Waals surface area contributed by atoms with Gasteiger partial charge in [-0.15, -0.1) is 0 Å². The van der Waals surface area contributed by atoms with E-state index >= 15 is 0 Å². The molecule has 0 aliphatic heterocycles. The lowest BCUT2D eigenvalue weighted by molar-refractivity contribution is 0.917. The Morgan fingerprint density at radius 3 is 2.52 bits per heavy atom. The Bertz CT molecular complexity index is 879. The van der Waals surface area contributed by atoms with E-state index in [1.165, 1.54) is 0 Å². The number of aromatic nitrogens is 2. The highest BCUT2D eigenvalue weighted by Gasteiger charge is 2.02. The van der Waals surface area contributed by atoms with Gasteiger partial charge in [-0.2, -0.15) is 0 Å². The molecular formula is C17H13BrN2S. The van der Waals surface area contributed by atoms with Crippen LogP contribution in [0, 0.1) is 4.64 Å². The second-order valence-electron chi connectivity index (χ2n) is 4.73. The van der Waals surface area contributed by atoms with Crippen LogP contribution < -0.4 is 0 Å². The summed E-state index contributed by atoms with van der Waals surface area (Å²) in [6, 6.07) is 16.1. The van der Waals surface area contributed by atoms with Gasteiger partial charge in [0.25, 0.3) is 0 Å². The molecule has 0 amide bonds. The number of aryl methyl sites for hydroxylation is 1. The number of hydrogen-bond acceptors (Lipinski definition) is 2. The summed E-state index contributed by atoms with van der Waals surface area (Å²) in [5.74, 6) is 0. The molecule has 2 aromatic carbocycles. The maximum atomic E-state index is 5.50. The third kappa shape index (κ3) is 2.96. The predicted molar refractivity (Wildman–Crippen MR) is 94.6 cm³/mol. The summed E-state index contributed by atoms with van der Waals surface area (Å²) < 4.78 is 3.81. The smallest absolute Gasteiger partial charge is 0.132 e. The van der Waals surface area contributed by atoms with E-state index in [0.717, 1.165) is 31.4 Å². The van der Waals surface area contributed by atoms with E-state index < -0.39 is 0 Å². The zero-order chi connectivity index (χ0) is 14.8. The Morgan fingerprint density at radius 2 is 1.76 bits per heavy atom. The van der Waals surface area contributed by atoms with Gasteiger partial charge in [0.05, 0.1) is 16.7 Å². The van der Waals surface area contributed by atoms with Gasteiger partial charge in [-0.1, -0.05) is 58.5 Å². The summed E-state index contributed by atoms with van der Waals surface area (Å²) in [6.45, 7) is 0. The predicted octanol–water partition coefficient (Wildman–Crippen LogP) is 5.24. The van der Waals surface area contributed by atoms with Crippen molar-refractivity contribution in [2.75, 3.05) is 0 Å². The summed E-state index contributed by atoms with van der Waals surface area (Å²) in [5.41, 5.74) is 3.92. The molecule has 0 spiro atoms. The number of nitrogens with zero attached hydrogens (tertiary/aromatic N) is 2. The van der Waals surface area contributed by atoms with Crippen LogP contribution in [0.5, 0.6) is 0 Å². The molecule has 1 aromatic heterocycles. The lowest BCUT2D eigenvalue weighted by atomic mass is 10.2. The quantitative estimate of drug-likeness (QED) is 0.584. The molecule has 0 aliphatic carbocycles. The van der Waals surface area contributed by atoms with Crippen LogP contribution in [0.2, 0.25) is 0 Å². The van der Waals surface area contributed by atoms with Gasteiger partial charge in [0.15, 0.2) is 0 Å². The minimum absolute atomic E-state index is 0.738. The van der Waals surface area contributed by atoms with Crippen molar-refractivity contribution in [3.05, 3.63) is 68.9 Å². The van der Waals surface area contributed by atoms with Crippen LogP contribution in [0.4, 0.5) is 0 Å². The Balaban J connectivity index is 2.06. The van der Waals surface area contributed by atoms with Crippen LogP contribution in [0.1, 0.15) is 11.3 Å². The first-order chi connectivity index (χ1) is 10.1. The van der Waals surface area contributed by atoms with Crippen LogP contribution in [-0.4, -0.2) is 9.55 Å². The number of benzene rings is 2. The van der Waals surface area contributed by atoms with E-state index in [0.29, 0.717) is 0 Å². The van der Waals surface area contributed by atoms with Crippen molar-refractivity contribution in [2.24, 2.45) is 7.05 Å². The van der Waals surface area contributed by atoms with Gasteiger partial charge >= 0.3 is 0 Å². The summed E-state index contributed by atoms with van der Waals surface area (Å²) >= 11 is 8.93. The fourth-order valence-electron chi connectivity index (χ4n) is 2.16. The molecular weight excluding hydrogens is 344 g/mol. The van der Waals surface area contributed by atoms with Crippen molar-refractivity contribution in [3.8, 4) is 0 Å². The lowest BCUT2D eigenvalue weighted by Gasteiger charge is -2.07. The minimum atomic E-state index is 0.738. The number of fused-ring (bicyclic) bond motifs is 1. The van der Waals surface area contributed by atoms with Crippen LogP contribution in [0.15, 0.2) is 53.0 Å². The van der Waals surface area contributed by atoms with Crippen LogP contribution in [-0.2, 0) is 7.05 Å². The molecule has 0 bridgehead atoms. The molecule has 0 N–H and O–H groups in total. The molecule has 0 fully saturated rings. The first kappa shape index (κ1) is 14.2. The molecule has 2 nitrogen and oxygen atoms in total. The number of hydrogen-bond donors (Lipinski definition) is 0. The highest BCUT2D eigenvalue weighted by Crippen LogP contribution is 2.16. The molecule has 3 aromatic rings. The first-order valence-corrected chi connectivity index (χ1v) is 7.75. The molecule has 1 heterocycles. The number of rotatable bonds is 2. The average molecular weight is 357 g/mol. The monoisotopic (exact) mass is 356 g/mol. The molecule has 0 radical (unpaired) electrons. The van der Waals surface area contributed by atoms with Gasteiger partial charge in [-0.25, -0.2) is 4.98 Å². The van der Waals surface area contributed by atoms with Crippen molar-refractivity contribution >= 4 is 51.3 Å². The minimum Gasteiger partial charge on any atom is -0.332 e. The summed E-state index contributed by atoms with van der Waals surface area (Å²) in [6.07, 6.45) is 4.00. The average Bonchev–Trinajstić information content (AvgIpc) is 2.51. The Hall–Kier alpha value is -1.78. The van der Waals surface area contributed by atoms with E-state index in [1.807, 2.05) is 72.3 Å². The van der Waals surface area contributed by atoms with Crippen molar-refractivity contribution < 1.29 is 0 Å². The summed E-state index contributed by atoms with van der Waals surface area (Å²) in [5, 5.41) is 0. The van der Waals surface area contributed by atoms with Gasteiger partial charge in [0.1, 0.15) is 4.64 Å². The van der Waals surface area contributed by atoms with E-state index in [1.54, 1.807) is 0 Å². The fraction of sp³-hybridized carbons (Fsp3) is 0.0588. The van der Waals surface area contributed by atoms with Gasteiger partial charge in [-0.3, -0.25) is 0 Å². The molecule has 0 unspecified atom stereocenters. The summed E-state index contributed by atoms with van der Waals surface area (Å²) in [4.78, 5) is 4.65. The maximum Gasteiger partial charge on any atom is 0.132 e. The molecule has 3 rings (SSSR count). The standard InChI is InChI=1S/C17H13BrN2S/c1-20-16-5-3-2-4-14(16)19-15(17(20)21)11-8-12-6-9-13(18)10-7-12/h2-11H,1H3/b11-8+. The van der Waals surface area contributed by atoms with Crippen LogP contribution in [0.25, 0.3) is 23.2 Å². The topological polar surface area (TPSA) is 17.8 Å². The van der Waals surface area contributed by atoms with Gasteiger partial charge in [-0.05, 0) is 35.9 Å². The zero-order valence-corrected chi connectivity index (χ0v) is 13.9. The van der Waals surface area contributed by atoms with Crippen molar-refractivity contribution in [2.45, 2.75) is 0 Å². The fourth-order valence-corrected chi connectivity index (χ4v) is 2.64. The van der Waals surface area contributed by atoms with Gasteiger partial charge in [0, 0.05) is 11.5 Å². The lowest BCUT2D eigenvalue weighted by Crippen LogP contribution is -1.99. The van der Waals surface area contributed by atoms with E-state index in [2.05, 4.69) is 20.9 Å². The van der Waals surface area contributed by atoms with Gasteiger partial charge < -0.3 is 4.57 Å². The van der Waals surface area contributed by atoms with Crippen molar-refractivity contribution in [3.63, 3.8) is 0 Å². The van der Waals surface area contributed by atoms with E-state index in [9.17, 15) is 0 Å². The molecule has 104 valence electrons. The second-order valence-corrected chi connectivity index (χ2v) is 6.04. The third-order valence-corrected chi connectivity index (χ3v) is 4.32. The SMILES string of the molecule is Cn1c(=S)c(/C=C/c2ccc(Br)cc2)nc2ccccc21. The highest BCUT2D eigenvalue weighted by atomic mass is 79.9. The Morgan fingerprint density at radius 1 is 1.05 bits per heavy atom.